The standard InChI is InChI=1S/C33H44N7O4.C7H6F2/c1-33(2,3)44-32(42)39-14-6-7-27(39)31(41)38-17-13-25-26(21-38)35-29(24-19-34-40(20-24)28-8-4-5-18-43-28)30(36-25)37-15-11-23(12-16-37)22-9-10-22;1-5-2-3-6(8)4-7(5)9/h9,19-20,27-28H,4-8,10-18,21H2,1-3H3;2-4H,1H3. The number of carbonyl (C=O) groups excluding carboxylic acids is 2. The van der Waals surface area contributed by atoms with Gasteiger partial charge in [-0.3, -0.25) is 9.69 Å². The summed E-state index contributed by atoms with van der Waals surface area (Å²) in [4.78, 5) is 43.0. The van der Waals surface area contributed by atoms with E-state index in [9.17, 15) is 18.4 Å². The maximum absolute atomic E-state index is 13.8. The molecule has 3 aromatic rings. The Hall–Kier alpha value is -4.39. The van der Waals surface area contributed by atoms with Crippen LogP contribution in [0.2, 0.25) is 0 Å². The van der Waals surface area contributed by atoms with Crippen molar-refractivity contribution < 1.29 is 27.8 Å². The minimum atomic E-state index is -0.610. The van der Waals surface area contributed by atoms with Gasteiger partial charge in [0.2, 0.25) is 5.91 Å². The monoisotopic (exact) mass is 730 g/mol. The number of halogens is 2. The summed E-state index contributed by atoms with van der Waals surface area (Å²) in [5.41, 5.74) is 6.47. The summed E-state index contributed by atoms with van der Waals surface area (Å²) in [5.74, 6) is -0.154. The Bertz CT molecular complexity index is 1850. The van der Waals surface area contributed by atoms with Crippen LogP contribution in [0, 0.1) is 25.0 Å². The van der Waals surface area contributed by atoms with E-state index in [2.05, 4.69) is 16.4 Å². The third kappa shape index (κ3) is 8.71. The molecule has 1 aliphatic carbocycles. The number of aryl methyl sites for hydroxylation is 1. The molecule has 0 spiro atoms. The zero-order chi connectivity index (χ0) is 37.3. The Labute approximate surface area is 310 Å². The van der Waals surface area contributed by atoms with Crippen LogP contribution in [0.25, 0.3) is 11.3 Å². The zero-order valence-electron chi connectivity index (χ0n) is 31.2. The molecule has 2 unspecified atom stereocenters. The van der Waals surface area contributed by atoms with Gasteiger partial charge in [-0.15, -0.1) is 0 Å². The number of aromatic nitrogens is 4. The Morgan fingerprint density at radius 3 is 2.43 bits per heavy atom. The van der Waals surface area contributed by atoms with Crippen molar-refractivity contribution >= 4 is 17.8 Å². The van der Waals surface area contributed by atoms with Crippen LogP contribution in [-0.4, -0.2) is 86.0 Å². The Balaban J connectivity index is 0.000000425. The highest BCUT2D eigenvalue weighted by molar-refractivity contribution is 5.86. The molecule has 3 saturated heterocycles. The molecule has 5 aliphatic rings. The highest BCUT2D eigenvalue weighted by Crippen LogP contribution is 2.38. The predicted molar refractivity (Wildman–Crippen MR) is 196 cm³/mol. The van der Waals surface area contributed by atoms with Gasteiger partial charge in [0.1, 0.15) is 35.2 Å². The molecular formula is C40H50F2N7O4. The summed E-state index contributed by atoms with van der Waals surface area (Å²) in [6, 6.07) is 3.01. The zero-order valence-corrected chi connectivity index (χ0v) is 31.2. The minimum absolute atomic E-state index is 0.0396. The number of carbonyl (C=O) groups is 2. The van der Waals surface area contributed by atoms with Crippen molar-refractivity contribution in [3.05, 3.63) is 76.7 Å². The lowest BCUT2D eigenvalue weighted by atomic mass is 10.0. The molecule has 0 bridgehead atoms. The molecule has 2 amide bonds. The average molecular weight is 731 g/mol. The molecule has 283 valence electrons. The number of amides is 2. The second-order valence-electron chi connectivity index (χ2n) is 15.6. The van der Waals surface area contributed by atoms with Crippen LogP contribution in [0.5, 0.6) is 0 Å². The summed E-state index contributed by atoms with van der Waals surface area (Å²) in [6.07, 6.45) is 14.2. The largest absolute Gasteiger partial charge is 0.444 e. The van der Waals surface area contributed by atoms with E-state index in [4.69, 9.17) is 19.4 Å². The lowest BCUT2D eigenvalue weighted by Gasteiger charge is -2.35. The number of nitrogens with zero attached hydrogens (tertiary/aromatic N) is 7. The first-order chi connectivity index (χ1) is 25.4. The maximum Gasteiger partial charge on any atom is 0.410 e. The maximum atomic E-state index is 13.8. The topological polar surface area (TPSA) is 106 Å². The molecule has 6 heterocycles. The summed E-state index contributed by atoms with van der Waals surface area (Å²) in [7, 11) is 0. The van der Waals surface area contributed by atoms with Gasteiger partial charge < -0.3 is 19.3 Å². The third-order valence-electron chi connectivity index (χ3n) is 10.5. The van der Waals surface area contributed by atoms with Gasteiger partial charge in [-0.25, -0.2) is 28.2 Å². The average Bonchev–Trinajstić information content (AvgIpc) is 3.66. The van der Waals surface area contributed by atoms with Gasteiger partial charge in [-0.2, -0.15) is 5.10 Å². The number of rotatable bonds is 4. The van der Waals surface area contributed by atoms with E-state index in [0.717, 1.165) is 99.2 Å². The van der Waals surface area contributed by atoms with E-state index in [1.807, 2.05) is 42.7 Å². The smallest absolute Gasteiger partial charge is 0.410 e. The first-order valence-electron chi connectivity index (χ1n) is 19.0. The molecule has 2 atom stereocenters. The van der Waals surface area contributed by atoms with Crippen LogP contribution in [0.15, 0.2) is 41.7 Å². The van der Waals surface area contributed by atoms with E-state index in [1.54, 1.807) is 17.4 Å². The van der Waals surface area contributed by atoms with Gasteiger partial charge in [0.25, 0.3) is 0 Å². The van der Waals surface area contributed by atoms with Gasteiger partial charge in [-0.1, -0.05) is 17.2 Å². The summed E-state index contributed by atoms with van der Waals surface area (Å²) in [5, 5.41) is 4.68. The SMILES string of the molecule is CC(C)(C)OC(=O)N1CCCC1C(=O)N1CCc2nc(N3CCC(=C4[CH]C4)CC3)c(-c3cnn(C4CCCCO4)c3)nc2C1.Cc1ccc(F)cc1F. The third-order valence-corrected chi connectivity index (χ3v) is 10.5. The molecule has 1 saturated carbocycles. The first kappa shape index (κ1) is 36.9. The summed E-state index contributed by atoms with van der Waals surface area (Å²) < 4.78 is 38.0. The van der Waals surface area contributed by atoms with E-state index in [0.29, 0.717) is 38.0 Å². The van der Waals surface area contributed by atoms with Crippen molar-refractivity contribution in [1.29, 1.82) is 0 Å². The summed E-state index contributed by atoms with van der Waals surface area (Å²) >= 11 is 0. The summed E-state index contributed by atoms with van der Waals surface area (Å²) in [6.45, 7) is 11.2. The van der Waals surface area contributed by atoms with Gasteiger partial charge in [0.05, 0.1) is 24.1 Å². The number of hydrogen-bond acceptors (Lipinski definition) is 8. The van der Waals surface area contributed by atoms with Crippen LogP contribution in [0.3, 0.4) is 0 Å². The van der Waals surface area contributed by atoms with Gasteiger partial charge in [0, 0.05) is 57.0 Å². The number of hydrogen-bond donors (Lipinski definition) is 0. The Morgan fingerprint density at radius 2 is 1.75 bits per heavy atom. The highest BCUT2D eigenvalue weighted by atomic mass is 19.1. The number of benzene rings is 1. The van der Waals surface area contributed by atoms with Gasteiger partial charge in [0.15, 0.2) is 5.82 Å². The van der Waals surface area contributed by atoms with E-state index < -0.39 is 29.4 Å². The molecule has 4 fully saturated rings. The predicted octanol–water partition coefficient (Wildman–Crippen LogP) is 7.10. The van der Waals surface area contributed by atoms with Crippen LogP contribution < -0.4 is 4.90 Å². The fourth-order valence-electron chi connectivity index (χ4n) is 7.46. The highest BCUT2D eigenvalue weighted by Gasteiger charge is 2.40. The Morgan fingerprint density at radius 1 is 0.962 bits per heavy atom. The molecule has 8 rings (SSSR count). The van der Waals surface area contributed by atoms with Crippen molar-refractivity contribution in [2.75, 3.05) is 37.7 Å². The number of likely N-dealkylation sites (tertiary alicyclic amines) is 1. The first-order valence-corrected chi connectivity index (χ1v) is 19.0. The normalized spacial score (nSPS) is 21.6. The quantitative estimate of drug-likeness (QED) is 0.280. The minimum Gasteiger partial charge on any atom is -0.444 e. The van der Waals surface area contributed by atoms with Crippen molar-refractivity contribution in [3.63, 3.8) is 0 Å². The second kappa shape index (κ2) is 15.5. The van der Waals surface area contributed by atoms with E-state index >= 15 is 0 Å². The van der Waals surface area contributed by atoms with Crippen molar-refractivity contribution in [1.82, 2.24) is 29.5 Å². The van der Waals surface area contributed by atoms with E-state index in [-0.39, 0.29) is 12.1 Å². The molecule has 1 aromatic carbocycles. The second-order valence-corrected chi connectivity index (χ2v) is 15.6. The van der Waals surface area contributed by atoms with Crippen molar-refractivity contribution in [2.24, 2.45) is 0 Å². The van der Waals surface area contributed by atoms with Crippen LogP contribution in [0.4, 0.5) is 19.4 Å². The van der Waals surface area contributed by atoms with Crippen molar-refractivity contribution in [2.45, 2.75) is 110 Å². The molecule has 11 nitrogen and oxygen atoms in total. The Kier molecular flexibility index (Phi) is 10.8. The molecule has 53 heavy (non-hydrogen) atoms. The number of piperidine rings is 1. The molecular weight excluding hydrogens is 680 g/mol. The van der Waals surface area contributed by atoms with Crippen molar-refractivity contribution in [3.8, 4) is 11.3 Å². The van der Waals surface area contributed by atoms with E-state index in [1.165, 1.54) is 17.7 Å². The fourth-order valence-corrected chi connectivity index (χ4v) is 7.46. The number of ether oxygens (including phenoxy) is 2. The number of allylic oxidation sites excluding steroid dienone is 1. The number of anilines is 1. The lowest BCUT2D eigenvalue weighted by molar-refractivity contribution is -0.137. The molecule has 4 aliphatic heterocycles. The molecule has 0 N–H and O–H groups in total. The number of fused-ring (bicyclic) bond motifs is 1. The van der Waals surface area contributed by atoms with Gasteiger partial charge in [-0.05, 0) is 97.1 Å². The molecule has 1 radical (unpaired) electrons. The van der Waals surface area contributed by atoms with Crippen LogP contribution in [0.1, 0.15) is 95.3 Å². The molecule has 2 aromatic heterocycles. The lowest BCUT2D eigenvalue weighted by Crippen LogP contribution is -2.50. The van der Waals surface area contributed by atoms with Crippen LogP contribution in [-0.2, 0) is 27.2 Å². The van der Waals surface area contributed by atoms with Crippen LogP contribution >= 0.6 is 0 Å². The van der Waals surface area contributed by atoms with Gasteiger partial charge >= 0.3 is 6.09 Å². The fraction of sp³-hybridized carbons (Fsp3) is 0.550. The molecule has 13 heteroatoms.